The number of amides is 1. The Morgan fingerprint density at radius 1 is 1.17 bits per heavy atom. The summed E-state index contributed by atoms with van der Waals surface area (Å²) in [5, 5.41) is 13.0. The molecule has 0 radical (unpaired) electrons. The zero-order chi connectivity index (χ0) is 20.6. The smallest absolute Gasteiger partial charge is 0.338 e. The zero-order valence-electron chi connectivity index (χ0n) is 16.1. The van der Waals surface area contributed by atoms with E-state index in [0.717, 1.165) is 29.3 Å². The number of benzene rings is 2. The number of aromatic amines is 1. The maximum absolute atomic E-state index is 12.5. The average molecular weight is 387 g/mol. The molecule has 0 saturated heterocycles. The molecule has 0 aliphatic rings. The standard InChI is InChI=1S/C23H21N3O3/c1-2-3-12-29-23(28)16-8-10-19(11-9-16)26-22(27)17(14-24)13-18-15-25-21-7-5-4-6-20(18)21/h4-11,13,15,25H,2-3,12H2,1H3,(H,26,27)/b17-13+. The normalized spacial score (nSPS) is 11.1. The zero-order valence-corrected chi connectivity index (χ0v) is 16.1. The van der Waals surface area contributed by atoms with Crippen molar-refractivity contribution in [1.82, 2.24) is 4.98 Å². The van der Waals surface area contributed by atoms with Gasteiger partial charge in [-0.15, -0.1) is 0 Å². The fourth-order valence-electron chi connectivity index (χ4n) is 2.80. The van der Waals surface area contributed by atoms with E-state index in [2.05, 4.69) is 10.3 Å². The first-order chi connectivity index (χ1) is 14.1. The van der Waals surface area contributed by atoms with Gasteiger partial charge in [0.2, 0.25) is 0 Å². The lowest BCUT2D eigenvalue weighted by Gasteiger charge is -2.07. The van der Waals surface area contributed by atoms with Crippen molar-refractivity contribution in [3.63, 3.8) is 0 Å². The van der Waals surface area contributed by atoms with Crippen molar-refractivity contribution in [2.75, 3.05) is 11.9 Å². The van der Waals surface area contributed by atoms with Crippen molar-refractivity contribution in [2.24, 2.45) is 0 Å². The molecular formula is C23H21N3O3. The number of ether oxygens (including phenoxy) is 1. The van der Waals surface area contributed by atoms with E-state index in [1.165, 1.54) is 0 Å². The molecule has 1 heterocycles. The highest BCUT2D eigenvalue weighted by Crippen LogP contribution is 2.21. The first kappa shape index (κ1) is 19.9. The van der Waals surface area contributed by atoms with Gasteiger partial charge in [-0.05, 0) is 42.8 Å². The molecule has 0 aliphatic heterocycles. The second-order valence-corrected chi connectivity index (χ2v) is 6.48. The molecule has 0 atom stereocenters. The molecule has 0 saturated carbocycles. The minimum absolute atomic E-state index is 0.0159. The lowest BCUT2D eigenvalue weighted by Crippen LogP contribution is -2.13. The number of nitriles is 1. The predicted octanol–water partition coefficient (Wildman–Crippen LogP) is 4.67. The van der Waals surface area contributed by atoms with E-state index in [1.807, 2.05) is 37.3 Å². The summed E-state index contributed by atoms with van der Waals surface area (Å²) in [5.41, 5.74) is 2.57. The fraction of sp³-hybridized carbons (Fsp3) is 0.174. The summed E-state index contributed by atoms with van der Waals surface area (Å²) in [6.07, 6.45) is 5.08. The maximum Gasteiger partial charge on any atom is 0.338 e. The number of nitrogens with one attached hydrogen (secondary N) is 2. The number of aromatic nitrogens is 1. The summed E-state index contributed by atoms with van der Waals surface area (Å²) in [6.45, 7) is 2.41. The molecule has 6 nitrogen and oxygen atoms in total. The minimum atomic E-state index is -0.518. The number of hydrogen-bond donors (Lipinski definition) is 2. The van der Waals surface area contributed by atoms with Crippen molar-refractivity contribution < 1.29 is 14.3 Å². The van der Waals surface area contributed by atoms with Gasteiger partial charge < -0.3 is 15.0 Å². The van der Waals surface area contributed by atoms with Crippen LogP contribution in [0.3, 0.4) is 0 Å². The van der Waals surface area contributed by atoms with Gasteiger partial charge in [-0.3, -0.25) is 4.79 Å². The number of nitrogens with zero attached hydrogens (tertiary/aromatic N) is 1. The Morgan fingerprint density at radius 3 is 2.66 bits per heavy atom. The molecule has 3 rings (SSSR count). The Morgan fingerprint density at radius 2 is 1.93 bits per heavy atom. The van der Waals surface area contributed by atoms with Gasteiger partial charge in [0.1, 0.15) is 11.6 Å². The molecule has 2 aromatic carbocycles. The summed E-state index contributed by atoms with van der Waals surface area (Å²) in [7, 11) is 0. The number of fused-ring (bicyclic) bond motifs is 1. The highest BCUT2D eigenvalue weighted by atomic mass is 16.5. The number of para-hydroxylation sites is 1. The van der Waals surface area contributed by atoms with Gasteiger partial charge in [-0.25, -0.2) is 4.79 Å². The topological polar surface area (TPSA) is 95.0 Å². The molecule has 0 fully saturated rings. The average Bonchev–Trinajstić information content (AvgIpc) is 3.15. The number of carbonyl (C=O) groups is 2. The largest absolute Gasteiger partial charge is 0.462 e. The summed E-state index contributed by atoms with van der Waals surface area (Å²) >= 11 is 0. The third-order valence-electron chi connectivity index (χ3n) is 4.40. The highest BCUT2D eigenvalue weighted by molar-refractivity contribution is 6.10. The number of unbranched alkanes of at least 4 members (excludes halogenated alkanes) is 1. The number of esters is 1. The highest BCUT2D eigenvalue weighted by Gasteiger charge is 2.12. The summed E-state index contributed by atoms with van der Waals surface area (Å²) < 4.78 is 5.16. The monoisotopic (exact) mass is 387 g/mol. The molecule has 29 heavy (non-hydrogen) atoms. The van der Waals surface area contributed by atoms with Crippen LogP contribution in [0.4, 0.5) is 5.69 Å². The third-order valence-corrected chi connectivity index (χ3v) is 4.40. The Balaban J connectivity index is 1.70. The summed E-state index contributed by atoms with van der Waals surface area (Å²) in [4.78, 5) is 27.5. The second kappa shape index (κ2) is 9.38. The van der Waals surface area contributed by atoms with Gasteiger partial charge in [0.05, 0.1) is 12.2 Å². The van der Waals surface area contributed by atoms with Gasteiger partial charge in [0, 0.05) is 28.4 Å². The fourth-order valence-corrected chi connectivity index (χ4v) is 2.80. The lowest BCUT2D eigenvalue weighted by atomic mass is 10.1. The van der Waals surface area contributed by atoms with E-state index in [1.54, 1.807) is 36.5 Å². The number of H-pyrrole nitrogens is 1. The predicted molar refractivity (Wildman–Crippen MR) is 112 cm³/mol. The van der Waals surface area contributed by atoms with E-state index in [9.17, 15) is 14.9 Å². The van der Waals surface area contributed by atoms with Crippen LogP contribution in [0.5, 0.6) is 0 Å². The van der Waals surface area contributed by atoms with Crippen LogP contribution in [0.15, 0.2) is 60.3 Å². The lowest BCUT2D eigenvalue weighted by molar-refractivity contribution is -0.112. The van der Waals surface area contributed by atoms with Crippen LogP contribution in [-0.2, 0) is 9.53 Å². The van der Waals surface area contributed by atoms with E-state index in [4.69, 9.17) is 4.74 Å². The van der Waals surface area contributed by atoms with Crippen LogP contribution in [0.25, 0.3) is 17.0 Å². The van der Waals surface area contributed by atoms with Crippen LogP contribution in [0.2, 0.25) is 0 Å². The molecule has 0 spiro atoms. The van der Waals surface area contributed by atoms with E-state index in [-0.39, 0.29) is 5.57 Å². The molecule has 6 heteroatoms. The SMILES string of the molecule is CCCCOC(=O)c1ccc(NC(=O)/C(C#N)=C/c2c[nH]c3ccccc23)cc1. The van der Waals surface area contributed by atoms with E-state index in [0.29, 0.717) is 17.9 Å². The number of anilines is 1. The maximum atomic E-state index is 12.5. The molecule has 3 aromatic rings. The van der Waals surface area contributed by atoms with Crippen LogP contribution in [0, 0.1) is 11.3 Å². The molecule has 0 unspecified atom stereocenters. The molecule has 0 aliphatic carbocycles. The van der Waals surface area contributed by atoms with Crippen molar-refractivity contribution in [3.05, 3.63) is 71.4 Å². The van der Waals surface area contributed by atoms with Crippen LogP contribution in [0.1, 0.15) is 35.7 Å². The molecule has 2 N–H and O–H groups in total. The van der Waals surface area contributed by atoms with Crippen molar-refractivity contribution in [3.8, 4) is 6.07 Å². The molecule has 146 valence electrons. The minimum Gasteiger partial charge on any atom is -0.462 e. The van der Waals surface area contributed by atoms with Gasteiger partial charge in [-0.2, -0.15) is 5.26 Å². The third kappa shape index (κ3) is 4.90. The van der Waals surface area contributed by atoms with Crippen LogP contribution in [-0.4, -0.2) is 23.5 Å². The quantitative estimate of drug-likeness (QED) is 0.266. The van der Waals surface area contributed by atoms with Gasteiger partial charge in [0.15, 0.2) is 0 Å². The van der Waals surface area contributed by atoms with Crippen molar-refractivity contribution in [1.29, 1.82) is 5.26 Å². The molecule has 0 bridgehead atoms. The van der Waals surface area contributed by atoms with Crippen molar-refractivity contribution >= 4 is 34.5 Å². The summed E-state index contributed by atoms with van der Waals surface area (Å²) in [5.74, 6) is -0.913. The molecular weight excluding hydrogens is 366 g/mol. The number of hydrogen-bond acceptors (Lipinski definition) is 4. The number of rotatable bonds is 7. The van der Waals surface area contributed by atoms with Crippen LogP contribution >= 0.6 is 0 Å². The molecule has 1 aromatic heterocycles. The Kier molecular flexibility index (Phi) is 6.43. The van der Waals surface area contributed by atoms with Crippen LogP contribution < -0.4 is 5.32 Å². The Bertz CT molecular complexity index is 1090. The van der Waals surface area contributed by atoms with Gasteiger partial charge in [-0.1, -0.05) is 31.5 Å². The van der Waals surface area contributed by atoms with E-state index < -0.39 is 11.9 Å². The Labute approximate surface area is 168 Å². The summed E-state index contributed by atoms with van der Waals surface area (Å²) in [6, 6.07) is 16.0. The first-order valence-electron chi connectivity index (χ1n) is 9.39. The first-order valence-corrected chi connectivity index (χ1v) is 9.39. The van der Waals surface area contributed by atoms with Gasteiger partial charge in [0.25, 0.3) is 5.91 Å². The second-order valence-electron chi connectivity index (χ2n) is 6.48. The van der Waals surface area contributed by atoms with Gasteiger partial charge >= 0.3 is 5.97 Å². The molecule has 1 amide bonds. The Hall–Kier alpha value is -3.85. The van der Waals surface area contributed by atoms with E-state index >= 15 is 0 Å². The van der Waals surface area contributed by atoms with Crippen molar-refractivity contribution in [2.45, 2.75) is 19.8 Å². The number of carbonyl (C=O) groups excluding carboxylic acids is 2.